The molecule has 0 spiro atoms. The maximum Gasteiger partial charge on any atom is 0.178 e. The van der Waals surface area contributed by atoms with Crippen molar-refractivity contribution in [3.05, 3.63) is 26.5 Å². The molecule has 2 aromatic heterocycles. The number of aromatic nitrogens is 3. The van der Waals surface area contributed by atoms with Gasteiger partial charge >= 0.3 is 0 Å². The average Bonchev–Trinajstić information content (AvgIpc) is 2.53. The molecule has 6 heteroatoms. The van der Waals surface area contributed by atoms with Gasteiger partial charge in [-0.2, -0.15) is 0 Å². The van der Waals surface area contributed by atoms with E-state index in [4.69, 9.17) is 11.6 Å². The first kappa shape index (κ1) is 9.29. The van der Waals surface area contributed by atoms with Gasteiger partial charge in [0.15, 0.2) is 3.01 Å². The van der Waals surface area contributed by atoms with Gasteiger partial charge in [0.05, 0.1) is 0 Å². The minimum Gasteiger partial charge on any atom is -0.244 e. The average molecular weight is 324 g/mol. The predicted molar refractivity (Wildman–Crippen MR) is 60.9 cm³/mol. The molecule has 13 heavy (non-hydrogen) atoms. The van der Waals surface area contributed by atoms with Crippen molar-refractivity contribution in [3.63, 3.8) is 0 Å². The summed E-state index contributed by atoms with van der Waals surface area (Å²) < 4.78 is 0.919. The third kappa shape index (κ3) is 2.15. The molecular weight excluding hydrogens is 321 g/mol. The molecule has 0 aliphatic heterocycles. The molecule has 2 rings (SSSR count). The summed E-state index contributed by atoms with van der Waals surface area (Å²) in [7, 11) is 0. The van der Waals surface area contributed by atoms with Crippen LogP contribution in [0.3, 0.4) is 0 Å². The normalized spacial score (nSPS) is 10.3. The quantitative estimate of drug-likeness (QED) is 0.598. The molecule has 2 aromatic rings. The highest BCUT2D eigenvalue weighted by Crippen LogP contribution is 2.23. The van der Waals surface area contributed by atoms with Gasteiger partial charge in [0.2, 0.25) is 0 Å². The fourth-order valence-electron chi connectivity index (χ4n) is 0.824. The highest BCUT2D eigenvalue weighted by Gasteiger charge is 2.04. The van der Waals surface area contributed by atoms with Gasteiger partial charge in [0, 0.05) is 11.8 Å². The zero-order chi connectivity index (χ0) is 9.26. The monoisotopic (exact) mass is 323 g/mol. The first-order valence-corrected chi connectivity index (χ1v) is 5.64. The van der Waals surface area contributed by atoms with Crippen LogP contribution in [0, 0.1) is 3.01 Å². The summed E-state index contributed by atoms with van der Waals surface area (Å²) in [6, 6.07) is 3.62. The van der Waals surface area contributed by atoms with Crippen LogP contribution < -0.4 is 0 Å². The molecule has 66 valence electrons. The van der Waals surface area contributed by atoms with Crippen LogP contribution >= 0.6 is 45.5 Å². The van der Waals surface area contributed by atoms with Crippen LogP contribution in [0.15, 0.2) is 18.3 Å². The topological polar surface area (TPSA) is 38.7 Å². The van der Waals surface area contributed by atoms with Crippen LogP contribution in [0.4, 0.5) is 0 Å². The summed E-state index contributed by atoms with van der Waals surface area (Å²) in [5.74, 6) is 0. The van der Waals surface area contributed by atoms with E-state index in [0.717, 1.165) is 13.6 Å². The molecule has 0 unspecified atom stereocenters. The van der Waals surface area contributed by atoms with Crippen molar-refractivity contribution in [2.45, 2.75) is 0 Å². The van der Waals surface area contributed by atoms with E-state index < -0.39 is 0 Å². The summed E-state index contributed by atoms with van der Waals surface area (Å²) in [6.45, 7) is 0. The Labute approximate surface area is 97.3 Å². The van der Waals surface area contributed by atoms with E-state index in [1.807, 2.05) is 6.07 Å². The van der Waals surface area contributed by atoms with Crippen LogP contribution in [0.25, 0.3) is 10.6 Å². The summed E-state index contributed by atoms with van der Waals surface area (Å²) in [5, 5.41) is 9.26. The van der Waals surface area contributed by atoms with Crippen LogP contribution in [-0.4, -0.2) is 15.2 Å². The number of hydrogen-bond donors (Lipinski definition) is 0. The second kappa shape index (κ2) is 3.85. The van der Waals surface area contributed by atoms with Crippen molar-refractivity contribution in [1.29, 1.82) is 0 Å². The Morgan fingerprint density at radius 2 is 2.15 bits per heavy atom. The highest BCUT2D eigenvalue weighted by molar-refractivity contribution is 14.1. The van der Waals surface area contributed by atoms with Crippen molar-refractivity contribution in [2.75, 3.05) is 0 Å². The second-order valence-electron chi connectivity index (χ2n) is 2.23. The van der Waals surface area contributed by atoms with Crippen molar-refractivity contribution in [2.24, 2.45) is 0 Å². The Kier molecular flexibility index (Phi) is 2.75. The van der Waals surface area contributed by atoms with Crippen molar-refractivity contribution >= 4 is 45.5 Å². The molecule has 3 nitrogen and oxygen atoms in total. The Balaban J connectivity index is 2.41. The molecule has 0 aromatic carbocycles. The number of rotatable bonds is 1. The SMILES string of the molecule is Clc1ccc(-c2nnc(I)s2)cn1. The Bertz CT molecular complexity index is 414. The lowest BCUT2D eigenvalue weighted by molar-refractivity contribution is 1.07. The van der Waals surface area contributed by atoms with Gasteiger partial charge < -0.3 is 0 Å². The molecule has 0 radical (unpaired) electrons. The van der Waals surface area contributed by atoms with E-state index >= 15 is 0 Å². The Morgan fingerprint density at radius 1 is 1.31 bits per heavy atom. The van der Waals surface area contributed by atoms with E-state index in [-0.39, 0.29) is 0 Å². The number of pyridine rings is 1. The minimum absolute atomic E-state index is 0.489. The zero-order valence-corrected chi connectivity index (χ0v) is 9.97. The molecule has 0 aliphatic rings. The lowest BCUT2D eigenvalue weighted by atomic mass is 10.3. The minimum atomic E-state index is 0.489. The van der Waals surface area contributed by atoms with Gasteiger partial charge in [-0.1, -0.05) is 22.9 Å². The molecule has 0 fully saturated rings. The zero-order valence-electron chi connectivity index (χ0n) is 6.24. The van der Waals surface area contributed by atoms with E-state index in [9.17, 15) is 0 Å². The molecule has 2 heterocycles. The van der Waals surface area contributed by atoms with Gasteiger partial charge in [0.25, 0.3) is 0 Å². The summed E-state index contributed by atoms with van der Waals surface area (Å²) in [5.41, 5.74) is 0.949. The molecular formula is C7H3ClIN3S. The highest BCUT2D eigenvalue weighted by atomic mass is 127. The van der Waals surface area contributed by atoms with E-state index in [1.165, 1.54) is 11.3 Å². The summed E-state index contributed by atoms with van der Waals surface area (Å²) in [6.07, 6.45) is 1.69. The fourth-order valence-corrected chi connectivity index (χ4v) is 2.23. The fraction of sp³-hybridized carbons (Fsp3) is 0. The standard InChI is InChI=1S/C7H3ClIN3S/c8-5-2-1-4(3-10-5)6-11-12-7(9)13-6/h1-3H. The van der Waals surface area contributed by atoms with Crippen LogP contribution in [0.5, 0.6) is 0 Å². The van der Waals surface area contributed by atoms with Crippen LogP contribution in [0.1, 0.15) is 0 Å². The van der Waals surface area contributed by atoms with Gasteiger partial charge in [-0.15, -0.1) is 10.2 Å². The Morgan fingerprint density at radius 3 is 2.69 bits per heavy atom. The maximum absolute atomic E-state index is 5.66. The third-order valence-electron chi connectivity index (χ3n) is 1.37. The van der Waals surface area contributed by atoms with Crippen molar-refractivity contribution < 1.29 is 0 Å². The van der Waals surface area contributed by atoms with Crippen molar-refractivity contribution in [1.82, 2.24) is 15.2 Å². The largest absolute Gasteiger partial charge is 0.244 e. The molecule has 0 atom stereocenters. The van der Waals surface area contributed by atoms with Gasteiger partial charge in [-0.3, -0.25) is 0 Å². The second-order valence-corrected chi connectivity index (χ2v) is 5.35. The lowest BCUT2D eigenvalue weighted by Crippen LogP contribution is -1.79. The first-order chi connectivity index (χ1) is 6.25. The lowest BCUT2D eigenvalue weighted by Gasteiger charge is -1.92. The molecule has 0 N–H and O–H groups in total. The van der Waals surface area contributed by atoms with Crippen molar-refractivity contribution in [3.8, 4) is 10.6 Å². The van der Waals surface area contributed by atoms with Gasteiger partial charge in [-0.25, -0.2) is 4.98 Å². The first-order valence-electron chi connectivity index (χ1n) is 3.36. The van der Waals surface area contributed by atoms with E-state index in [2.05, 4.69) is 37.8 Å². The predicted octanol–water partition coefficient (Wildman–Crippen LogP) is 2.86. The van der Waals surface area contributed by atoms with Gasteiger partial charge in [0.1, 0.15) is 10.2 Å². The van der Waals surface area contributed by atoms with Crippen LogP contribution in [-0.2, 0) is 0 Å². The van der Waals surface area contributed by atoms with Gasteiger partial charge in [-0.05, 0) is 34.7 Å². The number of halogens is 2. The molecule has 0 aliphatic carbocycles. The smallest absolute Gasteiger partial charge is 0.178 e. The number of hydrogen-bond acceptors (Lipinski definition) is 4. The van der Waals surface area contributed by atoms with E-state index in [0.29, 0.717) is 5.15 Å². The molecule has 0 saturated carbocycles. The summed E-state index contributed by atoms with van der Waals surface area (Å²) >= 11 is 9.32. The molecule has 0 saturated heterocycles. The third-order valence-corrected chi connectivity index (χ3v) is 3.24. The molecule has 0 bridgehead atoms. The van der Waals surface area contributed by atoms with Crippen LogP contribution in [0.2, 0.25) is 5.15 Å². The number of nitrogens with zero attached hydrogens (tertiary/aromatic N) is 3. The van der Waals surface area contributed by atoms with E-state index in [1.54, 1.807) is 12.3 Å². The Hall–Kier alpha value is -0.270. The summed E-state index contributed by atoms with van der Waals surface area (Å²) in [4.78, 5) is 3.97. The maximum atomic E-state index is 5.66. The molecule has 0 amide bonds.